The van der Waals surface area contributed by atoms with Gasteiger partial charge in [-0.2, -0.15) is 0 Å². The number of benzene rings is 1. The molecule has 0 saturated heterocycles. The molecule has 0 fully saturated rings. The molecule has 10 heteroatoms. The molecule has 0 saturated carbocycles. The van der Waals surface area contributed by atoms with E-state index in [0.717, 1.165) is 18.6 Å². The predicted molar refractivity (Wildman–Crippen MR) is 89.4 cm³/mol. The highest BCUT2D eigenvalue weighted by Gasteiger charge is 2.22. The number of amides is 3. The fraction of sp³-hybridized carbons (Fsp3) is 0.400. The van der Waals surface area contributed by atoms with E-state index in [2.05, 4.69) is 10.1 Å². The summed E-state index contributed by atoms with van der Waals surface area (Å²) in [6.07, 6.45) is 0.747. The molecule has 0 spiro atoms. The van der Waals surface area contributed by atoms with Crippen molar-refractivity contribution in [2.45, 2.75) is 20.3 Å². The fourth-order valence-corrected chi connectivity index (χ4v) is 1.88. The van der Waals surface area contributed by atoms with Crippen molar-refractivity contribution >= 4 is 35.2 Å². The number of nitrogens with zero attached hydrogens (tertiary/aromatic N) is 1. The maximum Gasteiger partial charge on any atom is 0.345 e. The van der Waals surface area contributed by atoms with Crippen LogP contribution < -0.4 is 10.6 Å². The molecule has 25 heavy (non-hydrogen) atoms. The highest BCUT2D eigenvalue weighted by molar-refractivity contribution is 6.31. The average Bonchev–Trinajstić information content (AvgIpc) is 2.52. The minimum Gasteiger partial charge on any atom is -0.452 e. The van der Waals surface area contributed by atoms with E-state index in [-0.39, 0.29) is 10.6 Å². The first-order valence-corrected chi connectivity index (χ1v) is 7.77. The summed E-state index contributed by atoms with van der Waals surface area (Å²) in [6, 6.07) is 2.70. The van der Waals surface area contributed by atoms with E-state index >= 15 is 0 Å². The number of hydrogen-bond donors (Lipinski definition) is 2. The quantitative estimate of drug-likeness (QED) is 0.430. The molecule has 1 aromatic carbocycles. The minimum atomic E-state index is -1.07. The van der Waals surface area contributed by atoms with Crippen molar-refractivity contribution < 1.29 is 24.0 Å². The zero-order valence-corrected chi connectivity index (χ0v) is 14.5. The molecule has 0 aliphatic heterocycles. The number of imide groups is 1. The molecule has 136 valence electrons. The van der Waals surface area contributed by atoms with E-state index in [1.54, 1.807) is 0 Å². The fourth-order valence-electron chi connectivity index (χ4n) is 1.72. The third-order valence-corrected chi connectivity index (χ3v) is 3.21. The number of nitro benzene ring substituents is 1. The highest BCUT2D eigenvalue weighted by atomic mass is 35.5. The molecule has 2 N–H and O–H groups in total. The number of carbonyl (C=O) groups excluding carboxylic acids is 3. The van der Waals surface area contributed by atoms with Gasteiger partial charge in [0.05, 0.1) is 4.92 Å². The van der Waals surface area contributed by atoms with Gasteiger partial charge in [-0.15, -0.1) is 0 Å². The van der Waals surface area contributed by atoms with Gasteiger partial charge in [0, 0.05) is 17.6 Å². The molecule has 0 unspecified atom stereocenters. The van der Waals surface area contributed by atoms with Gasteiger partial charge in [0.1, 0.15) is 5.56 Å². The summed E-state index contributed by atoms with van der Waals surface area (Å²) in [7, 11) is 0. The van der Waals surface area contributed by atoms with E-state index in [1.165, 1.54) is 6.07 Å². The summed E-state index contributed by atoms with van der Waals surface area (Å²) in [6.45, 7) is 3.62. The lowest BCUT2D eigenvalue weighted by Gasteiger charge is -2.08. The van der Waals surface area contributed by atoms with Gasteiger partial charge < -0.3 is 10.1 Å². The average molecular weight is 372 g/mol. The number of hydrogen-bond acceptors (Lipinski definition) is 6. The van der Waals surface area contributed by atoms with Crippen molar-refractivity contribution in [2.24, 2.45) is 5.92 Å². The molecular weight excluding hydrogens is 354 g/mol. The summed E-state index contributed by atoms with van der Waals surface area (Å²) in [5.74, 6) is -1.53. The first-order valence-electron chi connectivity index (χ1n) is 7.39. The number of nitro groups is 1. The normalized spacial score (nSPS) is 10.2. The van der Waals surface area contributed by atoms with Crippen LogP contribution in [-0.4, -0.2) is 36.0 Å². The van der Waals surface area contributed by atoms with Crippen molar-refractivity contribution in [3.63, 3.8) is 0 Å². The summed E-state index contributed by atoms with van der Waals surface area (Å²) in [5, 5.41) is 15.5. The second-order valence-electron chi connectivity index (χ2n) is 5.48. The lowest BCUT2D eigenvalue weighted by atomic mass is 10.1. The molecule has 0 bridgehead atoms. The maximum absolute atomic E-state index is 11.9. The highest BCUT2D eigenvalue weighted by Crippen LogP contribution is 2.23. The molecule has 0 atom stereocenters. The van der Waals surface area contributed by atoms with E-state index in [9.17, 15) is 24.5 Å². The third-order valence-electron chi connectivity index (χ3n) is 2.97. The Labute approximate surface area is 148 Å². The Bertz CT molecular complexity index is 677. The van der Waals surface area contributed by atoms with Gasteiger partial charge in [-0.3, -0.25) is 20.2 Å². The predicted octanol–water partition coefficient (Wildman–Crippen LogP) is 2.28. The Hall–Kier alpha value is -2.68. The van der Waals surface area contributed by atoms with Gasteiger partial charge in [-0.1, -0.05) is 25.4 Å². The second-order valence-corrected chi connectivity index (χ2v) is 5.92. The first kappa shape index (κ1) is 20.4. The zero-order valence-electron chi connectivity index (χ0n) is 13.7. The van der Waals surface area contributed by atoms with Crippen molar-refractivity contribution in [3.05, 3.63) is 38.9 Å². The van der Waals surface area contributed by atoms with Crippen LogP contribution in [0.3, 0.4) is 0 Å². The van der Waals surface area contributed by atoms with Crippen molar-refractivity contribution in [3.8, 4) is 0 Å². The van der Waals surface area contributed by atoms with Gasteiger partial charge >= 0.3 is 12.0 Å². The SMILES string of the molecule is CC(C)CCNC(=O)NC(=O)COC(=O)c1ccc(Cl)cc1[N+](=O)[O-]. The van der Waals surface area contributed by atoms with Crippen LogP contribution in [0.1, 0.15) is 30.6 Å². The topological polar surface area (TPSA) is 128 Å². The number of halogens is 1. The number of esters is 1. The van der Waals surface area contributed by atoms with Crippen LogP contribution in [0.15, 0.2) is 18.2 Å². The Morgan fingerprint density at radius 3 is 2.60 bits per heavy atom. The molecule has 0 radical (unpaired) electrons. The molecule has 0 aliphatic rings. The molecule has 1 rings (SSSR count). The van der Waals surface area contributed by atoms with E-state index in [4.69, 9.17) is 11.6 Å². The number of ether oxygens (including phenoxy) is 1. The molecule has 1 aromatic rings. The monoisotopic (exact) mass is 371 g/mol. The van der Waals surface area contributed by atoms with Crippen LogP contribution in [-0.2, 0) is 9.53 Å². The molecule has 0 aliphatic carbocycles. The van der Waals surface area contributed by atoms with Crippen LogP contribution in [0.2, 0.25) is 5.02 Å². The van der Waals surface area contributed by atoms with Gasteiger partial charge in [0.2, 0.25) is 0 Å². The van der Waals surface area contributed by atoms with Gasteiger partial charge in [-0.25, -0.2) is 9.59 Å². The maximum atomic E-state index is 11.9. The lowest BCUT2D eigenvalue weighted by Crippen LogP contribution is -2.42. The van der Waals surface area contributed by atoms with Gasteiger partial charge in [-0.05, 0) is 24.5 Å². The van der Waals surface area contributed by atoms with Crippen molar-refractivity contribution in [2.75, 3.05) is 13.2 Å². The first-order chi connectivity index (χ1) is 11.7. The number of carbonyl (C=O) groups is 3. The largest absolute Gasteiger partial charge is 0.452 e. The second kappa shape index (κ2) is 9.58. The van der Waals surface area contributed by atoms with E-state index in [0.29, 0.717) is 12.5 Å². The molecular formula is C15H18ClN3O6. The molecule has 0 heterocycles. The van der Waals surface area contributed by atoms with Crippen molar-refractivity contribution in [1.82, 2.24) is 10.6 Å². The van der Waals surface area contributed by atoms with Crippen LogP contribution in [0, 0.1) is 16.0 Å². The van der Waals surface area contributed by atoms with Crippen molar-refractivity contribution in [1.29, 1.82) is 0 Å². The van der Waals surface area contributed by atoms with Crippen LogP contribution >= 0.6 is 11.6 Å². The van der Waals surface area contributed by atoms with Crippen LogP contribution in [0.25, 0.3) is 0 Å². The third kappa shape index (κ3) is 7.17. The van der Waals surface area contributed by atoms with Crippen LogP contribution in [0.5, 0.6) is 0 Å². The Kier molecular flexibility index (Phi) is 7.80. The number of nitrogens with one attached hydrogen (secondary N) is 2. The van der Waals surface area contributed by atoms with Crippen LogP contribution in [0.4, 0.5) is 10.5 Å². The van der Waals surface area contributed by atoms with E-state index < -0.39 is 35.1 Å². The van der Waals surface area contributed by atoms with E-state index in [1.807, 2.05) is 19.2 Å². The summed E-state index contributed by atoms with van der Waals surface area (Å²) < 4.78 is 4.69. The van der Waals surface area contributed by atoms with Gasteiger partial charge in [0.15, 0.2) is 6.61 Å². The number of rotatable bonds is 7. The molecule has 9 nitrogen and oxygen atoms in total. The summed E-state index contributed by atoms with van der Waals surface area (Å²) in [4.78, 5) is 45.0. The zero-order chi connectivity index (χ0) is 19.0. The smallest absolute Gasteiger partial charge is 0.345 e. The minimum absolute atomic E-state index is 0.0825. The Morgan fingerprint density at radius 1 is 1.32 bits per heavy atom. The number of urea groups is 1. The lowest BCUT2D eigenvalue weighted by molar-refractivity contribution is -0.385. The molecule has 3 amide bonds. The summed E-state index contributed by atoms with van der Waals surface area (Å²) >= 11 is 5.65. The summed E-state index contributed by atoms with van der Waals surface area (Å²) in [5.41, 5.74) is -0.882. The Balaban J connectivity index is 2.52. The Morgan fingerprint density at radius 2 is 2.00 bits per heavy atom. The van der Waals surface area contributed by atoms with Gasteiger partial charge in [0.25, 0.3) is 11.6 Å². The molecule has 0 aromatic heterocycles. The standard InChI is InChI=1S/C15H18ClN3O6/c1-9(2)5-6-17-15(22)18-13(20)8-25-14(21)11-4-3-10(16)7-12(11)19(23)24/h3-4,7,9H,5-6,8H2,1-2H3,(H2,17,18,20,22).